The standard InChI is InChI=1S/C6H12NO3S/c1-11(8,9)6-7-2-4-10-5-3-7/h1-6H2. The summed E-state index contributed by atoms with van der Waals surface area (Å²) in [6.07, 6.45) is 3.05. The summed E-state index contributed by atoms with van der Waals surface area (Å²) in [6, 6.07) is 0. The van der Waals surface area contributed by atoms with Gasteiger partial charge in [-0.2, -0.15) is 0 Å². The van der Waals surface area contributed by atoms with Crippen molar-refractivity contribution >= 4 is 9.84 Å². The van der Waals surface area contributed by atoms with Crippen LogP contribution in [0.5, 0.6) is 0 Å². The lowest BCUT2D eigenvalue weighted by atomic mass is 10.5. The van der Waals surface area contributed by atoms with Crippen LogP contribution < -0.4 is 0 Å². The fraction of sp³-hybridized carbons (Fsp3) is 0.833. The SMILES string of the molecule is [CH2]S(=O)(=O)CN1CCOCC1. The average Bonchev–Trinajstić information content (AvgIpc) is 1.85. The molecule has 1 aliphatic rings. The Morgan fingerprint density at radius 1 is 1.36 bits per heavy atom. The molecule has 0 bridgehead atoms. The Balaban J connectivity index is 2.36. The molecule has 0 aromatic carbocycles. The molecule has 0 aromatic heterocycles. The van der Waals surface area contributed by atoms with Crippen molar-refractivity contribution in [3.05, 3.63) is 6.26 Å². The fourth-order valence-corrected chi connectivity index (χ4v) is 1.82. The van der Waals surface area contributed by atoms with Crippen molar-refractivity contribution in [2.24, 2.45) is 0 Å². The minimum absolute atomic E-state index is 0.0519. The average molecular weight is 178 g/mol. The van der Waals surface area contributed by atoms with Crippen LogP contribution in [0.15, 0.2) is 0 Å². The minimum Gasteiger partial charge on any atom is -0.379 e. The topological polar surface area (TPSA) is 46.6 Å². The quantitative estimate of drug-likeness (QED) is 0.571. The van der Waals surface area contributed by atoms with Gasteiger partial charge in [-0.05, 0) is 0 Å². The molecule has 0 saturated carbocycles. The third-order valence-corrected chi connectivity index (χ3v) is 2.24. The predicted molar refractivity (Wildman–Crippen MR) is 41.5 cm³/mol. The van der Waals surface area contributed by atoms with Crippen LogP contribution in [0.25, 0.3) is 0 Å². The van der Waals surface area contributed by atoms with Crippen LogP contribution >= 0.6 is 0 Å². The maximum absolute atomic E-state index is 10.7. The number of hydrogen-bond donors (Lipinski definition) is 0. The van der Waals surface area contributed by atoms with Crippen molar-refractivity contribution < 1.29 is 13.2 Å². The van der Waals surface area contributed by atoms with Gasteiger partial charge in [0, 0.05) is 13.1 Å². The van der Waals surface area contributed by atoms with Crippen molar-refractivity contribution in [2.75, 3.05) is 32.2 Å². The summed E-state index contributed by atoms with van der Waals surface area (Å²) >= 11 is 0. The van der Waals surface area contributed by atoms with E-state index >= 15 is 0 Å². The molecule has 0 N–H and O–H groups in total. The zero-order valence-electron chi connectivity index (χ0n) is 6.32. The first-order valence-corrected chi connectivity index (χ1v) is 5.26. The van der Waals surface area contributed by atoms with E-state index in [1.165, 1.54) is 0 Å². The highest BCUT2D eigenvalue weighted by Gasteiger charge is 2.14. The molecule has 0 amide bonds. The van der Waals surface area contributed by atoms with Gasteiger partial charge in [0.25, 0.3) is 0 Å². The summed E-state index contributed by atoms with van der Waals surface area (Å²) in [5, 5.41) is 0. The third kappa shape index (κ3) is 3.69. The second-order valence-corrected chi connectivity index (χ2v) is 4.35. The zero-order valence-corrected chi connectivity index (χ0v) is 7.14. The highest BCUT2D eigenvalue weighted by molar-refractivity contribution is 7.92. The zero-order chi connectivity index (χ0) is 8.32. The lowest BCUT2D eigenvalue weighted by Gasteiger charge is -2.25. The molecular formula is C6H12NO3S. The maximum atomic E-state index is 10.7. The molecule has 0 spiro atoms. The van der Waals surface area contributed by atoms with Gasteiger partial charge < -0.3 is 4.74 Å². The Morgan fingerprint density at radius 2 is 1.91 bits per heavy atom. The van der Waals surface area contributed by atoms with Gasteiger partial charge in [-0.3, -0.25) is 4.90 Å². The molecule has 0 aliphatic carbocycles. The molecule has 1 heterocycles. The molecule has 1 aliphatic heterocycles. The van der Waals surface area contributed by atoms with Crippen molar-refractivity contribution in [1.82, 2.24) is 4.90 Å². The predicted octanol–water partition coefficient (Wildman–Crippen LogP) is -0.518. The van der Waals surface area contributed by atoms with E-state index in [0.29, 0.717) is 26.3 Å². The van der Waals surface area contributed by atoms with Crippen LogP contribution in [0.1, 0.15) is 0 Å². The summed E-state index contributed by atoms with van der Waals surface area (Å²) in [5.41, 5.74) is 0. The summed E-state index contributed by atoms with van der Waals surface area (Å²) in [5.74, 6) is 0.0519. The Morgan fingerprint density at radius 3 is 2.36 bits per heavy atom. The molecule has 11 heavy (non-hydrogen) atoms. The minimum atomic E-state index is -3.10. The molecular weight excluding hydrogens is 166 g/mol. The molecule has 0 aromatic rings. The van der Waals surface area contributed by atoms with Crippen LogP contribution in [0, 0.1) is 6.26 Å². The highest BCUT2D eigenvalue weighted by atomic mass is 32.2. The normalized spacial score (nSPS) is 21.9. The van der Waals surface area contributed by atoms with Gasteiger partial charge in [-0.1, -0.05) is 0 Å². The monoisotopic (exact) mass is 178 g/mol. The molecule has 1 rings (SSSR count). The van der Waals surface area contributed by atoms with E-state index in [1.54, 1.807) is 0 Å². The molecule has 4 nitrogen and oxygen atoms in total. The van der Waals surface area contributed by atoms with E-state index in [0.717, 1.165) is 0 Å². The Hall–Kier alpha value is -0.130. The van der Waals surface area contributed by atoms with E-state index < -0.39 is 9.84 Å². The van der Waals surface area contributed by atoms with Crippen LogP contribution in [0.2, 0.25) is 0 Å². The smallest absolute Gasteiger partial charge is 0.164 e. The van der Waals surface area contributed by atoms with Crippen LogP contribution in [0.4, 0.5) is 0 Å². The number of ether oxygens (including phenoxy) is 1. The highest BCUT2D eigenvalue weighted by Crippen LogP contribution is 1.99. The van der Waals surface area contributed by atoms with Gasteiger partial charge in [0.15, 0.2) is 9.84 Å². The van der Waals surface area contributed by atoms with Crippen LogP contribution in [0.3, 0.4) is 0 Å². The third-order valence-electron chi connectivity index (χ3n) is 1.48. The summed E-state index contributed by atoms with van der Waals surface area (Å²) in [4.78, 5) is 1.83. The lowest BCUT2D eigenvalue weighted by Crippen LogP contribution is -2.38. The van der Waals surface area contributed by atoms with Crippen molar-refractivity contribution in [3.8, 4) is 0 Å². The molecule has 1 radical (unpaired) electrons. The number of morpholine rings is 1. The second-order valence-electron chi connectivity index (χ2n) is 2.60. The number of rotatable bonds is 2. The first kappa shape index (κ1) is 8.96. The summed E-state index contributed by atoms with van der Waals surface area (Å²) < 4.78 is 26.5. The number of sulfone groups is 1. The maximum Gasteiger partial charge on any atom is 0.164 e. The van der Waals surface area contributed by atoms with Crippen molar-refractivity contribution in [3.63, 3.8) is 0 Å². The molecule has 5 heteroatoms. The van der Waals surface area contributed by atoms with Crippen LogP contribution in [-0.2, 0) is 14.6 Å². The number of nitrogens with zero attached hydrogens (tertiary/aromatic N) is 1. The molecule has 65 valence electrons. The van der Waals surface area contributed by atoms with Gasteiger partial charge in [0.2, 0.25) is 0 Å². The van der Waals surface area contributed by atoms with Gasteiger partial charge >= 0.3 is 0 Å². The van der Waals surface area contributed by atoms with E-state index in [1.807, 2.05) is 4.90 Å². The van der Waals surface area contributed by atoms with Crippen molar-refractivity contribution in [1.29, 1.82) is 0 Å². The fourth-order valence-electron chi connectivity index (χ4n) is 1.01. The molecule has 1 saturated heterocycles. The van der Waals surface area contributed by atoms with E-state index in [2.05, 4.69) is 6.26 Å². The Kier molecular flexibility index (Phi) is 2.86. The summed E-state index contributed by atoms with van der Waals surface area (Å²) in [6.45, 7) is 2.62. The van der Waals surface area contributed by atoms with E-state index in [9.17, 15) is 8.42 Å². The number of hydrogen-bond acceptors (Lipinski definition) is 4. The molecule has 1 fully saturated rings. The largest absolute Gasteiger partial charge is 0.379 e. The van der Waals surface area contributed by atoms with Gasteiger partial charge in [-0.15, -0.1) is 0 Å². The van der Waals surface area contributed by atoms with E-state index in [-0.39, 0.29) is 5.88 Å². The van der Waals surface area contributed by atoms with Gasteiger partial charge in [0.05, 0.1) is 19.5 Å². The summed E-state index contributed by atoms with van der Waals surface area (Å²) in [7, 11) is -3.10. The first-order chi connectivity index (χ1) is 5.08. The molecule has 0 atom stereocenters. The van der Waals surface area contributed by atoms with Gasteiger partial charge in [-0.25, -0.2) is 8.42 Å². The lowest BCUT2D eigenvalue weighted by molar-refractivity contribution is 0.0466. The molecule has 0 unspecified atom stereocenters. The Labute approximate surface area is 67.1 Å². The van der Waals surface area contributed by atoms with Crippen LogP contribution in [-0.4, -0.2) is 45.5 Å². The van der Waals surface area contributed by atoms with Crippen molar-refractivity contribution in [2.45, 2.75) is 0 Å². The van der Waals surface area contributed by atoms with Gasteiger partial charge in [0.1, 0.15) is 5.88 Å². The first-order valence-electron chi connectivity index (χ1n) is 3.44. The van der Waals surface area contributed by atoms with E-state index in [4.69, 9.17) is 4.74 Å². The Bertz CT molecular complexity index is 206. The second kappa shape index (κ2) is 3.51.